The smallest absolute Gasteiger partial charge is 0.141 e. The summed E-state index contributed by atoms with van der Waals surface area (Å²) < 4.78 is 8.48. The average Bonchev–Trinajstić information content (AvgIpc) is 2.96. The molecule has 4 nitrogen and oxygen atoms in total. The molecule has 0 amide bonds. The molecule has 5 heteroatoms. The van der Waals surface area contributed by atoms with E-state index in [1.165, 1.54) is 5.56 Å². The van der Waals surface area contributed by atoms with Crippen LogP contribution in [0.2, 0.25) is 0 Å². The number of aromatic nitrogens is 2. The molecule has 114 valence electrons. The first-order chi connectivity index (χ1) is 10.5. The van der Waals surface area contributed by atoms with Crippen LogP contribution in [0.3, 0.4) is 0 Å². The zero-order chi connectivity index (χ0) is 15.9. The van der Waals surface area contributed by atoms with Crippen molar-refractivity contribution in [2.75, 3.05) is 12.4 Å². The summed E-state index contributed by atoms with van der Waals surface area (Å²) in [6, 6.07) is 6.13. The van der Waals surface area contributed by atoms with Crippen LogP contribution in [0.15, 0.2) is 35.1 Å². The Balaban J connectivity index is 2.17. The van der Waals surface area contributed by atoms with E-state index in [0.29, 0.717) is 0 Å². The van der Waals surface area contributed by atoms with Crippen molar-refractivity contribution in [2.24, 2.45) is 0 Å². The second-order valence-corrected chi connectivity index (χ2v) is 6.21. The van der Waals surface area contributed by atoms with Crippen molar-refractivity contribution in [3.63, 3.8) is 0 Å². The maximum Gasteiger partial charge on any atom is 0.141 e. The highest BCUT2D eigenvalue weighted by atomic mass is 79.9. The van der Waals surface area contributed by atoms with Gasteiger partial charge >= 0.3 is 0 Å². The Labute approximate surface area is 138 Å². The molecule has 2 heterocycles. The molecule has 1 aromatic carbocycles. The highest BCUT2D eigenvalue weighted by Gasteiger charge is 2.13. The number of hydrogen-bond donors (Lipinski definition) is 1. The molecule has 0 saturated heterocycles. The number of imidazole rings is 1. The summed E-state index contributed by atoms with van der Waals surface area (Å²) in [5.41, 5.74) is 5.38. The van der Waals surface area contributed by atoms with Gasteiger partial charge in [-0.25, -0.2) is 4.98 Å². The molecule has 1 N–H and O–H groups in total. The Morgan fingerprint density at radius 3 is 2.68 bits per heavy atom. The number of pyridine rings is 1. The Kier molecular flexibility index (Phi) is 3.83. The zero-order valence-electron chi connectivity index (χ0n) is 13.1. The summed E-state index contributed by atoms with van der Waals surface area (Å²) in [4.78, 5) is 4.42. The number of benzene rings is 1. The Morgan fingerprint density at radius 1 is 1.18 bits per heavy atom. The van der Waals surface area contributed by atoms with Gasteiger partial charge in [-0.2, -0.15) is 0 Å². The molecule has 0 fully saturated rings. The van der Waals surface area contributed by atoms with Crippen molar-refractivity contribution in [1.82, 2.24) is 9.38 Å². The summed E-state index contributed by atoms with van der Waals surface area (Å²) in [6.07, 6.45) is 3.77. The van der Waals surface area contributed by atoms with E-state index in [0.717, 1.165) is 38.5 Å². The second kappa shape index (κ2) is 5.65. The minimum Gasteiger partial charge on any atom is -0.496 e. The van der Waals surface area contributed by atoms with E-state index in [9.17, 15) is 0 Å². The number of anilines is 2. The molecule has 0 saturated carbocycles. The van der Waals surface area contributed by atoms with Gasteiger partial charge in [0, 0.05) is 23.6 Å². The van der Waals surface area contributed by atoms with E-state index in [1.54, 1.807) is 7.11 Å². The van der Waals surface area contributed by atoms with Crippen molar-refractivity contribution < 1.29 is 4.74 Å². The van der Waals surface area contributed by atoms with Gasteiger partial charge in [-0.05, 0) is 60.0 Å². The van der Waals surface area contributed by atoms with E-state index in [-0.39, 0.29) is 0 Å². The number of nitrogens with zero attached hydrogens (tertiary/aromatic N) is 2. The highest BCUT2D eigenvalue weighted by molar-refractivity contribution is 9.10. The standard InChI is InChI=1S/C17H18BrN3O/c1-10-5-6-14(22-4)12(3)15(10)20-17-13(18)9-11(2)16-19-7-8-21(16)17/h5-9,20H,1-4H3. The maximum absolute atomic E-state index is 5.43. The maximum atomic E-state index is 5.43. The van der Waals surface area contributed by atoms with Gasteiger partial charge < -0.3 is 10.1 Å². The summed E-state index contributed by atoms with van der Waals surface area (Å²) in [7, 11) is 1.69. The largest absolute Gasteiger partial charge is 0.496 e. The van der Waals surface area contributed by atoms with Crippen LogP contribution in [-0.2, 0) is 0 Å². The molecule has 0 aliphatic carbocycles. The lowest BCUT2D eigenvalue weighted by atomic mass is 10.1. The van der Waals surface area contributed by atoms with Crippen molar-refractivity contribution >= 4 is 33.1 Å². The topological polar surface area (TPSA) is 38.6 Å². The molecule has 0 aliphatic heterocycles. The van der Waals surface area contributed by atoms with Crippen LogP contribution in [0.4, 0.5) is 11.5 Å². The van der Waals surface area contributed by atoms with Crippen LogP contribution in [0, 0.1) is 20.8 Å². The molecule has 0 radical (unpaired) electrons. The number of fused-ring (bicyclic) bond motifs is 1. The van der Waals surface area contributed by atoms with Crippen molar-refractivity contribution in [3.05, 3.63) is 51.8 Å². The Hall–Kier alpha value is -2.01. The number of ether oxygens (including phenoxy) is 1. The van der Waals surface area contributed by atoms with Gasteiger partial charge in [0.25, 0.3) is 0 Å². The SMILES string of the molecule is COc1ccc(C)c(Nc2c(Br)cc(C)c3nccn23)c1C. The van der Waals surface area contributed by atoms with E-state index in [4.69, 9.17) is 4.74 Å². The molecule has 0 aliphatic rings. The Morgan fingerprint density at radius 2 is 1.95 bits per heavy atom. The predicted molar refractivity (Wildman–Crippen MR) is 93.4 cm³/mol. The summed E-state index contributed by atoms with van der Waals surface area (Å²) >= 11 is 3.65. The number of methoxy groups -OCH3 is 1. The van der Waals surface area contributed by atoms with E-state index < -0.39 is 0 Å². The highest BCUT2D eigenvalue weighted by Crippen LogP contribution is 2.34. The predicted octanol–water partition coefficient (Wildman–Crippen LogP) is 4.77. The fourth-order valence-electron chi connectivity index (χ4n) is 2.69. The lowest BCUT2D eigenvalue weighted by molar-refractivity contribution is 0.412. The van der Waals surface area contributed by atoms with E-state index >= 15 is 0 Å². The average molecular weight is 360 g/mol. The minimum absolute atomic E-state index is 0.873. The quantitative estimate of drug-likeness (QED) is 0.731. The fourth-order valence-corrected chi connectivity index (χ4v) is 3.33. The first-order valence-corrected chi connectivity index (χ1v) is 7.85. The van der Waals surface area contributed by atoms with Gasteiger partial charge in [-0.1, -0.05) is 6.07 Å². The van der Waals surface area contributed by atoms with Gasteiger partial charge in [-0.15, -0.1) is 0 Å². The van der Waals surface area contributed by atoms with Crippen molar-refractivity contribution in [2.45, 2.75) is 20.8 Å². The normalized spacial score (nSPS) is 11.0. The monoisotopic (exact) mass is 359 g/mol. The minimum atomic E-state index is 0.873. The molecule has 0 atom stereocenters. The molecule has 22 heavy (non-hydrogen) atoms. The number of hydrogen-bond acceptors (Lipinski definition) is 3. The number of nitrogens with one attached hydrogen (secondary N) is 1. The summed E-state index contributed by atoms with van der Waals surface area (Å²) in [5, 5.41) is 3.54. The molecule has 0 unspecified atom stereocenters. The lowest BCUT2D eigenvalue weighted by Gasteiger charge is -2.18. The van der Waals surface area contributed by atoms with Crippen molar-refractivity contribution in [3.8, 4) is 5.75 Å². The fraction of sp³-hybridized carbons (Fsp3) is 0.235. The van der Waals surface area contributed by atoms with Crippen LogP contribution in [0.1, 0.15) is 16.7 Å². The molecule has 3 rings (SSSR count). The molecule has 3 aromatic rings. The van der Waals surface area contributed by atoms with E-state index in [1.807, 2.05) is 18.5 Å². The molecule has 0 bridgehead atoms. The van der Waals surface area contributed by atoms with Crippen LogP contribution in [-0.4, -0.2) is 16.5 Å². The first kappa shape index (κ1) is 14.9. The number of halogens is 1. The van der Waals surface area contributed by atoms with Crippen LogP contribution < -0.4 is 10.1 Å². The van der Waals surface area contributed by atoms with Gasteiger partial charge in [0.05, 0.1) is 11.6 Å². The number of aryl methyl sites for hydroxylation is 2. The molecular weight excluding hydrogens is 342 g/mol. The summed E-state index contributed by atoms with van der Waals surface area (Å²) in [5.74, 6) is 1.83. The summed E-state index contributed by atoms with van der Waals surface area (Å²) in [6.45, 7) is 6.20. The molecule has 2 aromatic heterocycles. The van der Waals surface area contributed by atoms with Gasteiger partial charge in [0.1, 0.15) is 17.2 Å². The third-order valence-corrected chi connectivity index (χ3v) is 4.50. The third-order valence-electron chi connectivity index (χ3n) is 3.89. The Bertz CT molecular complexity index is 855. The van der Waals surface area contributed by atoms with Crippen LogP contribution in [0.25, 0.3) is 5.65 Å². The van der Waals surface area contributed by atoms with Gasteiger partial charge in [-0.3, -0.25) is 4.40 Å². The van der Waals surface area contributed by atoms with E-state index in [2.05, 4.69) is 63.5 Å². The second-order valence-electron chi connectivity index (χ2n) is 5.35. The molecular formula is C17H18BrN3O. The zero-order valence-corrected chi connectivity index (χ0v) is 14.7. The van der Waals surface area contributed by atoms with Crippen molar-refractivity contribution in [1.29, 1.82) is 0 Å². The lowest BCUT2D eigenvalue weighted by Crippen LogP contribution is -2.04. The molecule has 0 spiro atoms. The first-order valence-electron chi connectivity index (χ1n) is 7.06. The van der Waals surface area contributed by atoms with Crippen LogP contribution >= 0.6 is 15.9 Å². The number of rotatable bonds is 3. The third kappa shape index (κ3) is 2.35. The van der Waals surface area contributed by atoms with Gasteiger partial charge in [0.2, 0.25) is 0 Å². The van der Waals surface area contributed by atoms with Gasteiger partial charge in [0.15, 0.2) is 0 Å². The van der Waals surface area contributed by atoms with Crippen LogP contribution in [0.5, 0.6) is 5.75 Å².